The van der Waals surface area contributed by atoms with E-state index in [2.05, 4.69) is 27.7 Å². The number of nitrogens with one attached hydrogen (secondary N) is 2. The van der Waals surface area contributed by atoms with Crippen LogP contribution in [0, 0.1) is 0 Å². The SMILES string of the molecule is O=C1NC(=O)c2ccc(-c3cccs3)cc2/C1=C/Nc1ccc(CN2CCCC2CO)cc1. The number of hydrogen-bond donors (Lipinski definition) is 3. The maximum atomic E-state index is 12.6. The van der Waals surface area contributed by atoms with Crippen LogP contribution in [0.1, 0.15) is 34.3 Å². The number of amides is 2. The number of hydrogen-bond acceptors (Lipinski definition) is 6. The number of nitrogens with zero attached hydrogens (tertiary/aromatic N) is 1. The first kappa shape index (κ1) is 21.6. The van der Waals surface area contributed by atoms with E-state index in [1.165, 1.54) is 5.56 Å². The van der Waals surface area contributed by atoms with Gasteiger partial charge in [0.15, 0.2) is 0 Å². The number of thiophene rings is 1. The van der Waals surface area contributed by atoms with Gasteiger partial charge in [-0.05, 0) is 66.2 Å². The number of rotatable bonds is 6. The summed E-state index contributed by atoms with van der Waals surface area (Å²) in [6, 6.07) is 17.9. The molecular weight excluding hydrogens is 434 g/mol. The first-order valence-electron chi connectivity index (χ1n) is 11.1. The number of carbonyl (C=O) groups is 2. The number of anilines is 1. The van der Waals surface area contributed by atoms with Crippen LogP contribution in [0.3, 0.4) is 0 Å². The van der Waals surface area contributed by atoms with Crippen molar-refractivity contribution in [2.45, 2.75) is 25.4 Å². The van der Waals surface area contributed by atoms with Crippen molar-refractivity contribution in [3.8, 4) is 10.4 Å². The van der Waals surface area contributed by atoms with Crippen LogP contribution in [0.5, 0.6) is 0 Å². The van der Waals surface area contributed by atoms with Crippen LogP contribution in [0.4, 0.5) is 5.69 Å². The molecule has 0 saturated carbocycles. The van der Waals surface area contributed by atoms with Crippen LogP contribution >= 0.6 is 11.3 Å². The molecule has 2 aliphatic rings. The fourth-order valence-electron chi connectivity index (χ4n) is 4.47. The van der Waals surface area contributed by atoms with Crippen LogP contribution in [-0.4, -0.2) is 41.0 Å². The molecule has 168 valence electrons. The van der Waals surface area contributed by atoms with Crippen LogP contribution in [0.25, 0.3) is 16.0 Å². The van der Waals surface area contributed by atoms with Crippen LogP contribution in [0.15, 0.2) is 66.2 Å². The smallest absolute Gasteiger partial charge is 0.260 e. The molecule has 1 fully saturated rings. The van der Waals surface area contributed by atoms with E-state index in [4.69, 9.17) is 0 Å². The summed E-state index contributed by atoms with van der Waals surface area (Å²) in [6.07, 6.45) is 3.83. The number of benzene rings is 2. The van der Waals surface area contributed by atoms with E-state index < -0.39 is 5.91 Å². The lowest BCUT2D eigenvalue weighted by atomic mass is 9.93. The first-order chi connectivity index (χ1) is 16.1. The van der Waals surface area contributed by atoms with Gasteiger partial charge in [0.1, 0.15) is 0 Å². The van der Waals surface area contributed by atoms with E-state index in [0.29, 0.717) is 16.7 Å². The summed E-state index contributed by atoms with van der Waals surface area (Å²) in [6.45, 7) is 2.03. The second-order valence-electron chi connectivity index (χ2n) is 8.37. The molecule has 1 saturated heterocycles. The van der Waals surface area contributed by atoms with Gasteiger partial charge in [-0.25, -0.2) is 0 Å². The Hall–Kier alpha value is -3.26. The van der Waals surface area contributed by atoms with E-state index >= 15 is 0 Å². The average Bonchev–Trinajstić information content (AvgIpc) is 3.52. The van der Waals surface area contributed by atoms with E-state index in [9.17, 15) is 14.7 Å². The molecule has 1 aromatic heterocycles. The molecule has 6 nitrogen and oxygen atoms in total. The molecule has 3 aromatic rings. The first-order valence-corrected chi connectivity index (χ1v) is 11.9. The van der Waals surface area contributed by atoms with Crippen molar-refractivity contribution in [1.29, 1.82) is 0 Å². The lowest BCUT2D eigenvalue weighted by Crippen LogP contribution is -2.36. The standard InChI is InChI=1S/C26H25N3O3S/c30-16-20-3-1-11-29(20)15-17-5-8-19(9-6-17)27-14-23-22-13-18(24-4-2-12-33-24)7-10-21(22)25(31)28-26(23)32/h2,4-10,12-14,20,27,30H,1,3,11,15-16H2,(H,28,31,32)/b23-14-. The molecule has 7 heteroatoms. The van der Waals surface area contributed by atoms with Gasteiger partial charge in [-0.3, -0.25) is 19.8 Å². The summed E-state index contributed by atoms with van der Waals surface area (Å²) in [4.78, 5) is 28.4. The Morgan fingerprint density at radius 1 is 1.09 bits per heavy atom. The Morgan fingerprint density at radius 2 is 1.94 bits per heavy atom. The Bertz CT molecular complexity index is 1200. The van der Waals surface area contributed by atoms with Crippen molar-refractivity contribution in [3.63, 3.8) is 0 Å². The van der Waals surface area contributed by atoms with Crippen LogP contribution in [0.2, 0.25) is 0 Å². The Kier molecular flexibility index (Phi) is 6.09. The highest BCUT2D eigenvalue weighted by Crippen LogP contribution is 2.32. The Balaban J connectivity index is 1.36. The lowest BCUT2D eigenvalue weighted by molar-refractivity contribution is -0.114. The quantitative estimate of drug-likeness (QED) is 0.382. The monoisotopic (exact) mass is 459 g/mol. The van der Waals surface area contributed by atoms with Crippen molar-refractivity contribution in [1.82, 2.24) is 10.2 Å². The van der Waals surface area contributed by atoms with Crippen LogP contribution < -0.4 is 10.6 Å². The van der Waals surface area contributed by atoms with E-state index in [1.807, 2.05) is 41.8 Å². The maximum Gasteiger partial charge on any atom is 0.260 e. The van der Waals surface area contributed by atoms with E-state index in [1.54, 1.807) is 23.6 Å². The average molecular weight is 460 g/mol. The van der Waals surface area contributed by atoms with Crippen molar-refractivity contribution in [2.24, 2.45) is 0 Å². The normalized spacial score (nSPS) is 19.5. The van der Waals surface area contributed by atoms with Gasteiger partial charge in [-0.2, -0.15) is 0 Å². The fourth-order valence-corrected chi connectivity index (χ4v) is 5.19. The third-order valence-electron chi connectivity index (χ3n) is 6.26. The van der Waals surface area contributed by atoms with Gasteiger partial charge in [0.05, 0.1) is 12.2 Å². The van der Waals surface area contributed by atoms with Crippen molar-refractivity contribution in [3.05, 3.63) is 82.9 Å². The number of aliphatic hydroxyl groups excluding tert-OH is 1. The van der Waals surface area contributed by atoms with Gasteiger partial charge in [-0.15, -0.1) is 11.3 Å². The minimum atomic E-state index is -0.413. The predicted octanol–water partition coefficient (Wildman–Crippen LogP) is 4.09. The molecule has 2 aliphatic heterocycles. The summed E-state index contributed by atoms with van der Waals surface area (Å²) < 4.78 is 0. The number of aliphatic hydroxyl groups is 1. The number of carbonyl (C=O) groups excluding carboxylic acids is 2. The van der Waals surface area contributed by atoms with Gasteiger partial charge in [0.25, 0.3) is 11.8 Å². The molecule has 3 heterocycles. The van der Waals surface area contributed by atoms with E-state index in [-0.39, 0.29) is 18.6 Å². The zero-order chi connectivity index (χ0) is 22.8. The molecule has 1 atom stereocenters. The predicted molar refractivity (Wildman–Crippen MR) is 131 cm³/mol. The summed E-state index contributed by atoms with van der Waals surface area (Å²) in [5, 5.41) is 17.2. The number of likely N-dealkylation sites (tertiary alicyclic amines) is 1. The summed E-state index contributed by atoms with van der Waals surface area (Å²) in [5.41, 5.74) is 4.55. The molecule has 3 N–H and O–H groups in total. The van der Waals surface area contributed by atoms with Gasteiger partial charge in [-0.1, -0.05) is 24.3 Å². The molecule has 5 rings (SSSR count). The molecule has 0 spiro atoms. The van der Waals surface area contributed by atoms with E-state index in [0.717, 1.165) is 42.1 Å². The third kappa shape index (κ3) is 4.48. The Morgan fingerprint density at radius 3 is 2.70 bits per heavy atom. The fraction of sp³-hybridized carbons (Fsp3) is 0.231. The minimum Gasteiger partial charge on any atom is -0.395 e. The molecule has 0 radical (unpaired) electrons. The second-order valence-corrected chi connectivity index (χ2v) is 9.32. The maximum absolute atomic E-state index is 12.6. The molecular formula is C26H25N3O3S. The van der Waals surface area contributed by atoms with Gasteiger partial charge in [0, 0.05) is 40.5 Å². The highest BCUT2D eigenvalue weighted by molar-refractivity contribution is 7.13. The van der Waals surface area contributed by atoms with Gasteiger partial charge >= 0.3 is 0 Å². The van der Waals surface area contributed by atoms with Gasteiger partial charge < -0.3 is 10.4 Å². The molecule has 2 amide bonds. The third-order valence-corrected chi connectivity index (χ3v) is 7.18. The van der Waals surface area contributed by atoms with Crippen molar-refractivity contribution in [2.75, 3.05) is 18.5 Å². The highest BCUT2D eigenvalue weighted by Gasteiger charge is 2.28. The molecule has 33 heavy (non-hydrogen) atoms. The number of fused-ring (bicyclic) bond motifs is 1. The molecule has 2 aromatic carbocycles. The molecule has 1 unspecified atom stereocenters. The number of imide groups is 1. The van der Waals surface area contributed by atoms with Crippen molar-refractivity contribution < 1.29 is 14.7 Å². The lowest BCUT2D eigenvalue weighted by Gasteiger charge is -2.22. The second kappa shape index (κ2) is 9.31. The topological polar surface area (TPSA) is 81.7 Å². The molecule has 0 bridgehead atoms. The Labute approximate surface area is 196 Å². The van der Waals surface area contributed by atoms with Crippen LogP contribution in [-0.2, 0) is 11.3 Å². The van der Waals surface area contributed by atoms with Gasteiger partial charge in [0.2, 0.25) is 0 Å². The highest BCUT2D eigenvalue weighted by atomic mass is 32.1. The largest absolute Gasteiger partial charge is 0.395 e. The summed E-state index contributed by atoms with van der Waals surface area (Å²) >= 11 is 1.62. The summed E-state index contributed by atoms with van der Waals surface area (Å²) in [5.74, 6) is -0.790. The van der Waals surface area contributed by atoms with Crippen molar-refractivity contribution >= 4 is 34.4 Å². The molecule has 0 aliphatic carbocycles. The minimum absolute atomic E-state index is 0.202. The zero-order valence-corrected chi connectivity index (χ0v) is 18.9. The zero-order valence-electron chi connectivity index (χ0n) is 18.1. The summed E-state index contributed by atoms with van der Waals surface area (Å²) in [7, 11) is 0.